The third kappa shape index (κ3) is 2.60. The van der Waals surface area contributed by atoms with E-state index in [1.54, 1.807) is 0 Å². The molecule has 1 fully saturated rings. The minimum absolute atomic E-state index is 0.0403. The van der Waals surface area contributed by atoms with E-state index in [2.05, 4.69) is 10.1 Å². The SMILES string of the molecule is O=C(c1onc2c1CCCC2)N1CCC[C@H](c2nc3ccccc3o2)C1. The molecule has 0 radical (unpaired) electrons. The summed E-state index contributed by atoms with van der Waals surface area (Å²) >= 11 is 0. The van der Waals surface area contributed by atoms with Crippen LogP contribution in [0.1, 0.15) is 59.3 Å². The molecule has 1 aliphatic heterocycles. The highest BCUT2D eigenvalue weighted by atomic mass is 16.5. The maximum absolute atomic E-state index is 13.0. The molecule has 0 N–H and O–H groups in total. The number of amides is 1. The second kappa shape index (κ2) is 6.27. The van der Waals surface area contributed by atoms with Crippen molar-refractivity contribution in [3.63, 3.8) is 0 Å². The molecule has 3 heterocycles. The number of likely N-dealkylation sites (tertiary alicyclic amines) is 1. The Balaban J connectivity index is 1.38. The first-order chi connectivity index (χ1) is 12.8. The van der Waals surface area contributed by atoms with Gasteiger partial charge in [0.2, 0.25) is 5.76 Å². The summed E-state index contributed by atoms with van der Waals surface area (Å²) in [6, 6.07) is 7.78. The average Bonchev–Trinajstić information content (AvgIpc) is 3.32. The number of nitrogens with zero attached hydrogens (tertiary/aromatic N) is 3. The summed E-state index contributed by atoms with van der Waals surface area (Å²) < 4.78 is 11.4. The van der Waals surface area contributed by atoms with Crippen LogP contribution in [0.3, 0.4) is 0 Å². The molecule has 1 amide bonds. The molecule has 1 aromatic carbocycles. The van der Waals surface area contributed by atoms with Crippen molar-refractivity contribution < 1.29 is 13.7 Å². The Morgan fingerprint density at radius 2 is 2.04 bits per heavy atom. The van der Waals surface area contributed by atoms with Gasteiger partial charge in [0.25, 0.3) is 5.91 Å². The van der Waals surface area contributed by atoms with Gasteiger partial charge < -0.3 is 13.8 Å². The van der Waals surface area contributed by atoms with E-state index in [9.17, 15) is 4.79 Å². The van der Waals surface area contributed by atoms with E-state index in [1.807, 2.05) is 29.2 Å². The van der Waals surface area contributed by atoms with Crippen LogP contribution in [-0.4, -0.2) is 34.0 Å². The van der Waals surface area contributed by atoms with Gasteiger partial charge in [-0.1, -0.05) is 17.3 Å². The number of carbonyl (C=O) groups is 1. The predicted octanol–water partition coefficient (Wildman–Crippen LogP) is 3.71. The molecule has 134 valence electrons. The van der Waals surface area contributed by atoms with Crippen LogP contribution < -0.4 is 0 Å². The maximum atomic E-state index is 13.0. The molecule has 6 nitrogen and oxygen atoms in total. The highest BCUT2D eigenvalue weighted by Gasteiger charge is 2.32. The summed E-state index contributed by atoms with van der Waals surface area (Å²) in [7, 11) is 0. The van der Waals surface area contributed by atoms with Crippen LogP contribution in [0.2, 0.25) is 0 Å². The van der Waals surface area contributed by atoms with Crippen LogP contribution in [0.4, 0.5) is 0 Å². The number of aryl methyl sites for hydroxylation is 1. The van der Waals surface area contributed by atoms with Crippen molar-refractivity contribution in [1.29, 1.82) is 0 Å². The lowest BCUT2D eigenvalue weighted by Gasteiger charge is -2.30. The molecule has 1 aliphatic carbocycles. The Morgan fingerprint density at radius 3 is 2.96 bits per heavy atom. The third-order valence-electron chi connectivity index (χ3n) is 5.52. The number of carbonyl (C=O) groups excluding carboxylic acids is 1. The molecule has 2 aliphatic rings. The van der Waals surface area contributed by atoms with Crippen molar-refractivity contribution in [1.82, 2.24) is 15.0 Å². The average molecular weight is 351 g/mol. The standard InChI is InChI=1S/C20H21N3O3/c24-20(18-14-7-1-2-8-15(14)22-26-18)23-11-5-6-13(12-23)19-21-16-9-3-4-10-17(16)25-19/h3-4,9-10,13H,1-2,5-8,11-12H2/t13-/m0/s1. The van der Waals surface area contributed by atoms with Gasteiger partial charge in [0, 0.05) is 18.7 Å². The smallest absolute Gasteiger partial charge is 0.292 e. The third-order valence-corrected chi connectivity index (χ3v) is 5.52. The minimum Gasteiger partial charge on any atom is -0.440 e. The molecule has 0 unspecified atom stereocenters. The summed E-state index contributed by atoms with van der Waals surface area (Å²) in [5.74, 6) is 1.25. The lowest BCUT2D eigenvalue weighted by molar-refractivity contribution is 0.0655. The first kappa shape index (κ1) is 15.6. The Labute approximate surface area is 151 Å². The van der Waals surface area contributed by atoms with Gasteiger partial charge >= 0.3 is 0 Å². The van der Waals surface area contributed by atoms with Crippen LogP contribution in [0.25, 0.3) is 11.1 Å². The second-order valence-electron chi connectivity index (χ2n) is 7.25. The zero-order valence-electron chi connectivity index (χ0n) is 14.6. The molecule has 5 rings (SSSR count). The number of benzene rings is 1. The summed E-state index contributed by atoms with van der Waals surface area (Å²) in [6.07, 6.45) is 5.94. The topological polar surface area (TPSA) is 72.4 Å². The number of fused-ring (bicyclic) bond motifs is 2. The van der Waals surface area contributed by atoms with E-state index >= 15 is 0 Å². The minimum atomic E-state index is -0.0403. The maximum Gasteiger partial charge on any atom is 0.292 e. The zero-order valence-corrected chi connectivity index (χ0v) is 14.6. The monoisotopic (exact) mass is 351 g/mol. The van der Waals surface area contributed by atoms with E-state index in [0.717, 1.165) is 73.3 Å². The summed E-state index contributed by atoms with van der Waals surface area (Å²) in [6.45, 7) is 1.35. The number of aromatic nitrogens is 2. The van der Waals surface area contributed by atoms with Gasteiger partial charge in [0.05, 0.1) is 11.6 Å². The summed E-state index contributed by atoms with van der Waals surface area (Å²) in [5.41, 5.74) is 3.66. The van der Waals surface area contributed by atoms with Gasteiger partial charge in [-0.25, -0.2) is 4.98 Å². The van der Waals surface area contributed by atoms with Crippen LogP contribution in [0, 0.1) is 0 Å². The van der Waals surface area contributed by atoms with Crippen molar-refractivity contribution in [2.24, 2.45) is 0 Å². The van der Waals surface area contributed by atoms with Crippen molar-refractivity contribution in [2.75, 3.05) is 13.1 Å². The lowest BCUT2D eigenvalue weighted by atomic mass is 9.94. The molecule has 0 saturated carbocycles. The largest absolute Gasteiger partial charge is 0.440 e. The van der Waals surface area contributed by atoms with Gasteiger partial charge in [-0.3, -0.25) is 4.79 Å². The van der Waals surface area contributed by atoms with Gasteiger partial charge in [-0.2, -0.15) is 0 Å². The molecule has 3 aromatic rings. The number of hydrogen-bond acceptors (Lipinski definition) is 5. The Morgan fingerprint density at radius 1 is 1.15 bits per heavy atom. The number of oxazole rings is 1. The molecular formula is C20H21N3O3. The predicted molar refractivity (Wildman–Crippen MR) is 95.0 cm³/mol. The first-order valence-corrected chi connectivity index (χ1v) is 9.42. The Kier molecular flexibility index (Phi) is 3.76. The molecule has 2 aromatic heterocycles. The van der Waals surface area contributed by atoms with E-state index < -0.39 is 0 Å². The number of rotatable bonds is 2. The Bertz CT molecular complexity index is 925. The fourth-order valence-corrected chi connectivity index (χ4v) is 4.13. The molecule has 1 saturated heterocycles. The fraction of sp³-hybridized carbons (Fsp3) is 0.450. The van der Waals surface area contributed by atoms with Crippen LogP contribution in [0.15, 0.2) is 33.2 Å². The van der Waals surface area contributed by atoms with Gasteiger partial charge in [-0.05, 0) is 50.7 Å². The highest BCUT2D eigenvalue weighted by molar-refractivity contribution is 5.93. The Hall–Kier alpha value is -2.63. The quantitative estimate of drug-likeness (QED) is 0.704. The first-order valence-electron chi connectivity index (χ1n) is 9.42. The van der Waals surface area contributed by atoms with E-state index in [1.165, 1.54) is 0 Å². The number of hydrogen-bond donors (Lipinski definition) is 0. The summed E-state index contributed by atoms with van der Waals surface area (Å²) in [4.78, 5) is 19.5. The van der Waals surface area contributed by atoms with Crippen LogP contribution >= 0.6 is 0 Å². The lowest BCUT2D eigenvalue weighted by Crippen LogP contribution is -2.39. The van der Waals surface area contributed by atoms with Gasteiger partial charge in [0.1, 0.15) is 5.52 Å². The van der Waals surface area contributed by atoms with Gasteiger partial charge in [0.15, 0.2) is 11.5 Å². The van der Waals surface area contributed by atoms with Crippen molar-refractivity contribution in [3.05, 3.63) is 47.2 Å². The van der Waals surface area contributed by atoms with Crippen LogP contribution in [-0.2, 0) is 12.8 Å². The molecule has 26 heavy (non-hydrogen) atoms. The van der Waals surface area contributed by atoms with Crippen molar-refractivity contribution >= 4 is 17.0 Å². The molecule has 6 heteroatoms. The molecule has 1 atom stereocenters. The molecular weight excluding hydrogens is 330 g/mol. The van der Waals surface area contributed by atoms with Gasteiger partial charge in [-0.15, -0.1) is 0 Å². The highest BCUT2D eigenvalue weighted by Crippen LogP contribution is 2.31. The zero-order chi connectivity index (χ0) is 17.5. The normalized spacial score (nSPS) is 20.3. The summed E-state index contributed by atoms with van der Waals surface area (Å²) in [5, 5.41) is 4.13. The van der Waals surface area contributed by atoms with E-state index in [0.29, 0.717) is 12.3 Å². The molecule has 0 spiro atoms. The second-order valence-corrected chi connectivity index (χ2v) is 7.25. The van der Waals surface area contributed by atoms with Crippen molar-refractivity contribution in [2.45, 2.75) is 44.4 Å². The van der Waals surface area contributed by atoms with Crippen LogP contribution in [0.5, 0.6) is 0 Å². The number of para-hydroxylation sites is 2. The van der Waals surface area contributed by atoms with E-state index in [4.69, 9.17) is 8.94 Å². The molecule has 0 bridgehead atoms. The van der Waals surface area contributed by atoms with Crippen molar-refractivity contribution in [3.8, 4) is 0 Å². The number of piperidine rings is 1. The van der Waals surface area contributed by atoms with E-state index in [-0.39, 0.29) is 11.8 Å². The fourth-order valence-electron chi connectivity index (χ4n) is 4.13.